The molecular weight excluding hydrogens is 320 g/mol. The van der Waals surface area contributed by atoms with Gasteiger partial charge in [-0.1, -0.05) is 42.5 Å². The molecule has 1 fully saturated rings. The summed E-state index contributed by atoms with van der Waals surface area (Å²) in [6.07, 6.45) is 0.219. The highest BCUT2D eigenvalue weighted by Gasteiger charge is 2.43. The Morgan fingerprint density at radius 2 is 1.56 bits per heavy atom. The number of benzene rings is 2. The lowest BCUT2D eigenvalue weighted by Gasteiger charge is -2.32. The maximum atomic E-state index is 12.1. The molecule has 2 aromatic rings. The van der Waals surface area contributed by atoms with E-state index in [4.69, 9.17) is 14.2 Å². The van der Waals surface area contributed by atoms with Gasteiger partial charge in [0.2, 0.25) is 0 Å². The van der Waals surface area contributed by atoms with Crippen molar-refractivity contribution in [2.45, 2.75) is 32.7 Å². The van der Waals surface area contributed by atoms with E-state index in [1.807, 2.05) is 54.6 Å². The Morgan fingerprint density at radius 3 is 2.24 bits per heavy atom. The summed E-state index contributed by atoms with van der Waals surface area (Å²) in [6, 6.07) is 17.2. The van der Waals surface area contributed by atoms with Crippen molar-refractivity contribution in [3.63, 3.8) is 0 Å². The van der Waals surface area contributed by atoms with Crippen LogP contribution >= 0.6 is 0 Å². The van der Waals surface area contributed by atoms with Crippen LogP contribution in [0, 0.1) is 5.92 Å². The minimum atomic E-state index is -1.20. The van der Waals surface area contributed by atoms with Crippen LogP contribution in [-0.2, 0) is 32.1 Å². The maximum absolute atomic E-state index is 12.1. The van der Waals surface area contributed by atoms with Crippen LogP contribution < -0.4 is 4.74 Å². The third kappa shape index (κ3) is 4.38. The van der Waals surface area contributed by atoms with Crippen LogP contribution in [-0.4, -0.2) is 17.7 Å². The molecule has 130 valence electrons. The summed E-state index contributed by atoms with van der Waals surface area (Å²) < 4.78 is 16.1. The summed E-state index contributed by atoms with van der Waals surface area (Å²) in [7, 11) is 0. The Bertz CT molecular complexity index is 747. The molecule has 0 bridgehead atoms. The van der Waals surface area contributed by atoms with Gasteiger partial charge in [-0.05, 0) is 29.7 Å². The second-order valence-corrected chi connectivity index (χ2v) is 6.42. The van der Waals surface area contributed by atoms with Gasteiger partial charge < -0.3 is 14.2 Å². The molecule has 0 saturated carbocycles. The second-order valence-electron chi connectivity index (χ2n) is 6.42. The van der Waals surface area contributed by atoms with Gasteiger partial charge in [-0.2, -0.15) is 0 Å². The second kappa shape index (κ2) is 6.97. The number of rotatable bonds is 5. The molecule has 25 heavy (non-hydrogen) atoms. The van der Waals surface area contributed by atoms with Crippen molar-refractivity contribution in [2.75, 3.05) is 0 Å². The maximum Gasteiger partial charge on any atom is 0.323 e. The lowest BCUT2D eigenvalue weighted by Crippen LogP contribution is -2.46. The number of cyclic esters (lactones) is 2. The molecule has 5 nitrogen and oxygen atoms in total. The molecular formula is C20H20O5. The van der Waals surface area contributed by atoms with Gasteiger partial charge in [-0.3, -0.25) is 9.59 Å². The summed E-state index contributed by atoms with van der Waals surface area (Å²) in [5.74, 6) is -2.59. The van der Waals surface area contributed by atoms with Crippen molar-refractivity contribution in [1.82, 2.24) is 0 Å². The molecule has 0 aliphatic carbocycles. The first-order valence-electron chi connectivity index (χ1n) is 8.14. The predicted molar refractivity (Wildman–Crippen MR) is 90.7 cm³/mol. The van der Waals surface area contributed by atoms with Crippen LogP contribution in [0.3, 0.4) is 0 Å². The van der Waals surface area contributed by atoms with E-state index in [9.17, 15) is 9.59 Å². The molecule has 1 saturated heterocycles. The Hall–Kier alpha value is -2.82. The molecule has 2 aromatic carbocycles. The summed E-state index contributed by atoms with van der Waals surface area (Å²) in [5, 5.41) is 0. The van der Waals surface area contributed by atoms with Crippen molar-refractivity contribution in [1.29, 1.82) is 0 Å². The Kier molecular flexibility index (Phi) is 4.74. The minimum absolute atomic E-state index is 0.219. The zero-order chi connectivity index (χ0) is 17.9. The quantitative estimate of drug-likeness (QED) is 0.617. The molecule has 0 N–H and O–H groups in total. The van der Waals surface area contributed by atoms with Gasteiger partial charge in [-0.15, -0.1) is 0 Å². The lowest BCUT2D eigenvalue weighted by molar-refractivity contribution is -0.239. The molecule has 0 aromatic heterocycles. The number of hydrogen-bond donors (Lipinski definition) is 0. The van der Waals surface area contributed by atoms with E-state index in [0.29, 0.717) is 12.4 Å². The molecule has 3 rings (SSSR count). The summed E-state index contributed by atoms with van der Waals surface area (Å²) in [4.78, 5) is 24.1. The smallest absolute Gasteiger partial charge is 0.323 e. The van der Waals surface area contributed by atoms with E-state index >= 15 is 0 Å². The monoisotopic (exact) mass is 340 g/mol. The molecule has 1 aliphatic heterocycles. The molecule has 1 aliphatic rings. The average Bonchev–Trinajstić information content (AvgIpc) is 2.57. The molecule has 5 heteroatoms. The van der Waals surface area contributed by atoms with Crippen LogP contribution in [0.2, 0.25) is 0 Å². The molecule has 0 radical (unpaired) electrons. The third-order valence-electron chi connectivity index (χ3n) is 3.85. The lowest BCUT2D eigenvalue weighted by atomic mass is 9.98. The van der Waals surface area contributed by atoms with Crippen LogP contribution in [0.5, 0.6) is 5.75 Å². The fraction of sp³-hybridized carbons (Fsp3) is 0.300. The standard InChI is InChI=1S/C20H20O5/c1-20(2)24-18(21)17(19(22)25-20)12-15-9-6-10-16(11-15)23-13-14-7-4-3-5-8-14/h3-11,17H,12-13H2,1-2H3. The van der Waals surface area contributed by atoms with Gasteiger partial charge in [0.1, 0.15) is 12.4 Å². The predicted octanol–water partition coefficient (Wildman–Crippen LogP) is 3.26. The van der Waals surface area contributed by atoms with E-state index < -0.39 is 23.6 Å². The number of esters is 2. The van der Waals surface area contributed by atoms with Crippen molar-refractivity contribution in [3.8, 4) is 5.75 Å². The minimum Gasteiger partial charge on any atom is -0.489 e. The Balaban J connectivity index is 1.65. The Labute approximate surface area is 146 Å². The topological polar surface area (TPSA) is 61.8 Å². The van der Waals surface area contributed by atoms with Crippen LogP contribution in [0.25, 0.3) is 0 Å². The van der Waals surface area contributed by atoms with Crippen molar-refractivity contribution in [3.05, 3.63) is 65.7 Å². The fourth-order valence-corrected chi connectivity index (χ4v) is 2.65. The first-order valence-corrected chi connectivity index (χ1v) is 8.14. The molecule has 0 atom stereocenters. The van der Waals surface area contributed by atoms with Crippen LogP contribution in [0.4, 0.5) is 0 Å². The summed E-state index contributed by atoms with van der Waals surface area (Å²) in [5.41, 5.74) is 1.87. The zero-order valence-electron chi connectivity index (χ0n) is 14.2. The van der Waals surface area contributed by atoms with Crippen LogP contribution in [0.1, 0.15) is 25.0 Å². The highest BCUT2D eigenvalue weighted by molar-refractivity contribution is 5.96. The van der Waals surface area contributed by atoms with Crippen LogP contribution in [0.15, 0.2) is 54.6 Å². The molecule has 0 unspecified atom stereocenters. The largest absolute Gasteiger partial charge is 0.489 e. The number of carbonyl (C=O) groups is 2. The summed E-state index contributed by atoms with van der Waals surface area (Å²) in [6.45, 7) is 3.53. The van der Waals surface area contributed by atoms with E-state index in [1.165, 1.54) is 13.8 Å². The highest BCUT2D eigenvalue weighted by Crippen LogP contribution is 2.26. The van der Waals surface area contributed by atoms with E-state index in [2.05, 4.69) is 0 Å². The van der Waals surface area contributed by atoms with E-state index in [1.54, 1.807) is 0 Å². The van der Waals surface area contributed by atoms with Gasteiger partial charge in [-0.25, -0.2) is 0 Å². The van der Waals surface area contributed by atoms with Crippen molar-refractivity contribution >= 4 is 11.9 Å². The highest BCUT2D eigenvalue weighted by atomic mass is 16.7. The third-order valence-corrected chi connectivity index (χ3v) is 3.85. The van der Waals surface area contributed by atoms with Gasteiger partial charge in [0.05, 0.1) is 0 Å². The Morgan fingerprint density at radius 1 is 0.920 bits per heavy atom. The normalized spacial score (nSPS) is 16.9. The summed E-state index contributed by atoms with van der Waals surface area (Å²) >= 11 is 0. The van der Waals surface area contributed by atoms with Gasteiger partial charge in [0.25, 0.3) is 5.79 Å². The molecule has 0 amide bonds. The fourth-order valence-electron chi connectivity index (χ4n) is 2.65. The van der Waals surface area contributed by atoms with Crippen molar-refractivity contribution < 1.29 is 23.8 Å². The van der Waals surface area contributed by atoms with Gasteiger partial charge in [0, 0.05) is 13.8 Å². The molecule has 0 spiro atoms. The van der Waals surface area contributed by atoms with Gasteiger partial charge in [0.15, 0.2) is 5.92 Å². The first-order chi connectivity index (χ1) is 11.9. The average molecular weight is 340 g/mol. The SMILES string of the molecule is CC1(C)OC(=O)C(Cc2cccc(OCc3ccccc3)c2)C(=O)O1. The zero-order valence-corrected chi connectivity index (χ0v) is 14.2. The van der Waals surface area contributed by atoms with E-state index in [-0.39, 0.29) is 6.42 Å². The van der Waals surface area contributed by atoms with Gasteiger partial charge >= 0.3 is 11.9 Å². The van der Waals surface area contributed by atoms with E-state index in [0.717, 1.165) is 11.1 Å². The molecule has 1 heterocycles. The first kappa shape index (κ1) is 17.0. The number of hydrogen-bond acceptors (Lipinski definition) is 5. The van der Waals surface area contributed by atoms with Crippen molar-refractivity contribution in [2.24, 2.45) is 5.92 Å². The number of ether oxygens (including phenoxy) is 3. The number of carbonyl (C=O) groups excluding carboxylic acids is 2.